The van der Waals surface area contributed by atoms with Crippen LogP contribution >= 0.6 is 23.2 Å². The first-order valence-corrected chi connectivity index (χ1v) is 16.9. The lowest BCUT2D eigenvalue weighted by Crippen LogP contribution is -2.52. The van der Waals surface area contributed by atoms with Gasteiger partial charge in [-0.2, -0.15) is 0 Å². The van der Waals surface area contributed by atoms with E-state index in [4.69, 9.17) is 23.2 Å². The van der Waals surface area contributed by atoms with E-state index in [0.717, 1.165) is 22.9 Å². The van der Waals surface area contributed by atoms with Gasteiger partial charge in [0.05, 0.1) is 20.6 Å². The summed E-state index contributed by atoms with van der Waals surface area (Å²) in [6.07, 6.45) is 1.37. The molecule has 0 aliphatic carbocycles. The highest BCUT2D eigenvalue weighted by Crippen LogP contribution is 2.42. The molecule has 4 aromatic carbocycles. The minimum absolute atomic E-state index is 0.0432. The molecule has 5 rings (SSSR count). The predicted molar refractivity (Wildman–Crippen MR) is 177 cm³/mol. The Morgan fingerprint density at radius 3 is 2.34 bits per heavy atom. The molecule has 0 fully saturated rings. The first-order valence-electron chi connectivity index (χ1n) is 14.7. The third-order valence-electron chi connectivity index (χ3n) is 8.04. The molecule has 2 amide bonds. The van der Waals surface area contributed by atoms with Gasteiger partial charge in [-0.15, -0.1) is 0 Å². The van der Waals surface area contributed by atoms with Crippen molar-refractivity contribution in [1.82, 2.24) is 10.2 Å². The van der Waals surface area contributed by atoms with Crippen LogP contribution in [0.4, 0.5) is 5.69 Å². The fourth-order valence-electron chi connectivity index (χ4n) is 5.55. The number of sulfonamides is 1. The Balaban J connectivity index is 1.41. The summed E-state index contributed by atoms with van der Waals surface area (Å²) in [5.74, 6) is -0.510. The summed E-state index contributed by atoms with van der Waals surface area (Å²) >= 11 is 12.5. The van der Waals surface area contributed by atoms with Crippen LogP contribution in [0.15, 0.2) is 89.8 Å². The Hall–Kier alpha value is -3.59. The SMILES string of the molecule is CC[C@H](C)NC(=O)[C@@H](Cc1ccccc1)N(Cc1ccc(Cl)c(Cl)c1)C(=O)CCCN1c2cccc3cccc(c23)S1(=O)=O. The molecule has 0 bridgehead atoms. The average Bonchev–Trinajstić information content (AvgIpc) is 3.24. The van der Waals surface area contributed by atoms with E-state index in [1.54, 1.807) is 41.3 Å². The van der Waals surface area contributed by atoms with Gasteiger partial charge in [0.25, 0.3) is 10.0 Å². The highest BCUT2D eigenvalue weighted by atomic mass is 35.5. The number of nitrogens with one attached hydrogen (secondary N) is 1. The van der Waals surface area contributed by atoms with Gasteiger partial charge < -0.3 is 10.2 Å². The molecule has 0 aromatic heterocycles. The third kappa shape index (κ3) is 6.72. The Kier molecular flexibility index (Phi) is 9.83. The van der Waals surface area contributed by atoms with Crippen molar-refractivity contribution in [2.75, 3.05) is 10.8 Å². The molecule has 4 aromatic rings. The van der Waals surface area contributed by atoms with Crippen LogP contribution in [-0.4, -0.2) is 43.8 Å². The lowest BCUT2D eigenvalue weighted by atomic mass is 10.0. The van der Waals surface area contributed by atoms with Gasteiger partial charge in [-0.25, -0.2) is 8.42 Å². The minimum Gasteiger partial charge on any atom is -0.352 e. The van der Waals surface area contributed by atoms with Gasteiger partial charge >= 0.3 is 0 Å². The van der Waals surface area contributed by atoms with E-state index in [-0.39, 0.29) is 48.7 Å². The second-order valence-corrected chi connectivity index (χ2v) is 13.8. The Bertz CT molecular complexity index is 1780. The first kappa shape index (κ1) is 31.8. The van der Waals surface area contributed by atoms with Crippen molar-refractivity contribution in [3.63, 3.8) is 0 Å². The normalized spacial score (nSPS) is 14.8. The predicted octanol–water partition coefficient (Wildman–Crippen LogP) is 6.99. The van der Waals surface area contributed by atoms with Crippen molar-refractivity contribution in [2.24, 2.45) is 0 Å². The molecular formula is C34H35Cl2N3O4S. The standard InChI is InChI=1S/C34H35Cl2N3O4S/c1-3-23(2)37-34(41)30(21-24-10-5-4-6-11-24)38(22-25-17-18-27(35)28(36)20-25)32(40)16-9-19-39-29-14-7-12-26-13-8-15-31(33(26)29)44(39,42)43/h4-8,10-15,17-18,20,23,30H,3,9,16,19,21-22H2,1-2H3,(H,37,41)/t23-,30+/m0/s1. The Labute approximate surface area is 268 Å². The molecule has 0 saturated carbocycles. The number of nitrogens with zero attached hydrogens (tertiary/aromatic N) is 2. The van der Waals surface area contributed by atoms with Crippen LogP contribution in [0.2, 0.25) is 10.0 Å². The number of amides is 2. The number of carbonyl (C=O) groups excluding carboxylic acids is 2. The summed E-state index contributed by atoms with van der Waals surface area (Å²) in [6.45, 7) is 4.18. The number of hydrogen-bond donors (Lipinski definition) is 1. The van der Waals surface area contributed by atoms with E-state index in [1.807, 2.05) is 62.4 Å². The van der Waals surface area contributed by atoms with Crippen molar-refractivity contribution < 1.29 is 18.0 Å². The summed E-state index contributed by atoms with van der Waals surface area (Å²) in [5, 5.41) is 5.36. The van der Waals surface area contributed by atoms with Gasteiger partial charge in [0.1, 0.15) is 6.04 Å². The average molecular weight is 653 g/mol. The van der Waals surface area contributed by atoms with E-state index in [1.165, 1.54) is 4.31 Å². The number of carbonyl (C=O) groups is 2. The van der Waals surface area contributed by atoms with Crippen molar-refractivity contribution >= 4 is 61.5 Å². The molecule has 44 heavy (non-hydrogen) atoms. The van der Waals surface area contributed by atoms with Crippen LogP contribution in [0, 0.1) is 0 Å². The van der Waals surface area contributed by atoms with E-state index in [0.29, 0.717) is 27.5 Å². The second kappa shape index (κ2) is 13.6. The van der Waals surface area contributed by atoms with E-state index >= 15 is 0 Å². The number of rotatable bonds is 12. The molecule has 7 nitrogen and oxygen atoms in total. The fraction of sp³-hybridized carbons (Fsp3) is 0.294. The van der Waals surface area contributed by atoms with Crippen molar-refractivity contribution in [3.05, 3.63) is 106 Å². The molecule has 1 aliphatic rings. The lowest BCUT2D eigenvalue weighted by Gasteiger charge is -2.32. The number of hydrogen-bond acceptors (Lipinski definition) is 4. The summed E-state index contributed by atoms with van der Waals surface area (Å²) in [6, 6.07) is 24.6. The van der Waals surface area contributed by atoms with E-state index < -0.39 is 16.1 Å². The smallest absolute Gasteiger partial charge is 0.265 e. The van der Waals surface area contributed by atoms with Crippen molar-refractivity contribution in [1.29, 1.82) is 0 Å². The molecule has 1 heterocycles. The van der Waals surface area contributed by atoms with Crippen LogP contribution in [-0.2, 0) is 32.6 Å². The third-order valence-corrected chi connectivity index (χ3v) is 10.6. The van der Waals surface area contributed by atoms with Gasteiger partial charge in [0.15, 0.2) is 0 Å². The van der Waals surface area contributed by atoms with Gasteiger partial charge in [-0.3, -0.25) is 13.9 Å². The number of anilines is 1. The largest absolute Gasteiger partial charge is 0.352 e. The van der Waals surface area contributed by atoms with Gasteiger partial charge in [-0.1, -0.05) is 90.8 Å². The Morgan fingerprint density at radius 1 is 0.909 bits per heavy atom. The summed E-state index contributed by atoms with van der Waals surface area (Å²) in [5.41, 5.74) is 2.26. The highest BCUT2D eigenvalue weighted by Gasteiger charge is 2.36. The monoisotopic (exact) mass is 651 g/mol. The zero-order chi connectivity index (χ0) is 31.4. The van der Waals surface area contributed by atoms with Crippen molar-refractivity contribution in [3.8, 4) is 0 Å². The first-order chi connectivity index (χ1) is 21.1. The summed E-state index contributed by atoms with van der Waals surface area (Å²) in [4.78, 5) is 29.7. The van der Waals surface area contributed by atoms with E-state index in [9.17, 15) is 18.0 Å². The quantitative estimate of drug-likeness (QED) is 0.179. The van der Waals surface area contributed by atoms with Gasteiger partial charge in [0.2, 0.25) is 11.8 Å². The fourth-order valence-corrected chi connectivity index (χ4v) is 7.62. The van der Waals surface area contributed by atoms with Gasteiger partial charge in [0, 0.05) is 37.4 Å². The molecule has 10 heteroatoms. The topological polar surface area (TPSA) is 86.8 Å². The zero-order valence-electron chi connectivity index (χ0n) is 24.7. The molecular weight excluding hydrogens is 617 g/mol. The number of benzene rings is 4. The molecule has 1 aliphatic heterocycles. The van der Waals surface area contributed by atoms with Crippen LogP contribution < -0.4 is 9.62 Å². The molecule has 2 atom stereocenters. The van der Waals surface area contributed by atoms with Crippen LogP contribution in [0.5, 0.6) is 0 Å². The van der Waals surface area contributed by atoms with Crippen molar-refractivity contribution in [2.45, 2.75) is 63.1 Å². The van der Waals surface area contributed by atoms with Crippen LogP contribution in [0.25, 0.3) is 10.8 Å². The molecule has 0 unspecified atom stereocenters. The van der Waals surface area contributed by atoms with Crippen LogP contribution in [0.3, 0.4) is 0 Å². The molecule has 1 N–H and O–H groups in total. The maximum absolute atomic E-state index is 14.1. The molecule has 0 spiro atoms. The molecule has 0 saturated heterocycles. The molecule has 0 radical (unpaired) electrons. The van der Waals surface area contributed by atoms with Gasteiger partial charge in [-0.05, 0) is 60.5 Å². The maximum atomic E-state index is 14.1. The second-order valence-electron chi connectivity index (χ2n) is 11.1. The lowest BCUT2D eigenvalue weighted by molar-refractivity contribution is -0.141. The number of halogens is 2. The summed E-state index contributed by atoms with van der Waals surface area (Å²) < 4.78 is 28.3. The minimum atomic E-state index is -3.74. The van der Waals surface area contributed by atoms with E-state index in [2.05, 4.69) is 5.32 Å². The summed E-state index contributed by atoms with van der Waals surface area (Å²) in [7, 11) is -3.74. The maximum Gasteiger partial charge on any atom is 0.265 e. The zero-order valence-corrected chi connectivity index (χ0v) is 27.0. The molecule has 230 valence electrons. The van der Waals surface area contributed by atoms with Crippen LogP contribution in [0.1, 0.15) is 44.2 Å². The highest BCUT2D eigenvalue weighted by molar-refractivity contribution is 7.93. The Morgan fingerprint density at radius 2 is 1.64 bits per heavy atom.